The molecule has 21 heavy (non-hydrogen) atoms. The predicted molar refractivity (Wildman–Crippen MR) is 81.9 cm³/mol. The summed E-state index contributed by atoms with van der Waals surface area (Å²) in [5.74, 6) is 2.39. The van der Waals surface area contributed by atoms with E-state index in [2.05, 4.69) is 18.1 Å². The highest BCUT2D eigenvalue weighted by atomic mass is 16.4. The van der Waals surface area contributed by atoms with Crippen molar-refractivity contribution in [1.29, 1.82) is 0 Å². The molecule has 3 unspecified atom stereocenters. The SMILES string of the molecule is C[C@]12CCC3c4ccc(O)cc4CCC3C1CCC2=NO. The Bertz CT molecular complexity index is 609. The molecule has 0 aliphatic heterocycles. The third kappa shape index (κ3) is 1.76. The van der Waals surface area contributed by atoms with Gasteiger partial charge in [0.25, 0.3) is 0 Å². The van der Waals surface area contributed by atoms with Crippen LogP contribution in [0.3, 0.4) is 0 Å². The van der Waals surface area contributed by atoms with Gasteiger partial charge in [-0.25, -0.2) is 0 Å². The van der Waals surface area contributed by atoms with E-state index in [4.69, 9.17) is 0 Å². The van der Waals surface area contributed by atoms with Crippen molar-refractivity contribution in [2.45, 2.75) is 51.4 Å². The Hall–Kier alpha value is -1.51. The van der Waals surface area contributed by atoms with Gasteiger partial charge in [-0.3, -0.25) is 0 Å². The van der Waals surface area contributed by atoms with Crippen LogP contribution in [0, 0.1) is 17.3 Å². The van der Waals surface area contributed by atoms with Crippen LogP contribution in [-0.4, -0.2) is 16.0 Å². The number of nitrogens with zero attached hydrogens (tertiary/aromatic N) is 1. The molecule has 1 aromatic carbocycles. The summed E-state index contributed by atoms with van der Waals surface area (Å²) in [5.41, 5.74) is 3.95. The average molecular weight is 285 g/mol. The van der Waals surface area contributed by atoms with E-state index >= 15 is 0 Å². The van der Waals surface area contributed by atoms with Crippen LogP contribution in [0.5, 0.6) is 5.75 Å². The Morgan fingerprint density at radius 2 is 2.05 bits per heavy atom. The molecule has 0 bridgehead atoms. The number of fused-ring (bicyclic) bond motifs is 5. The zero-order valence-electron chi connectivity index (χ0n) is 12.5. The minimum absolute atomic E-state index is 0.115. The first-order valence-electron chi connectivity index (χ1n) is 8.16. The lowest BCUT2D eigenvalue weighted by Crippen LogP contribution is -2.42. The van der Waals surface area contributed by atoms with Crippen LogP contribution < -0.4 is 0 Å². The minimum atomic E-state index is 0.115. The van der Waals surface area contributed by atoms with Crippen molar-refractivity contribution in [1.82, 2.24) is 0 Å². The first-order chi connectivity index (χ1) is 10.1. The minimum Gasteiger partial charge on any atom is -0.508 e. The highest BCUT2D eigenvalue weighted by Gasteiger charge is 2.53. The van der Waals surface area contributed by atoms with Gasteiger partial charge in [0, 0.05) is 5.41 Å². The highest BCUT2D eigenvalue weighted by molar-refractivity contribution is 5.92. The van der Waals surface area contributed by atoms with Gasteiger partial charge in [0.15, 0.2) is 0 Å². The van der Waals surface area contributed by atoms with Crippen LogP contribution in [0.15, 0.2) is 23.4 Å². The van der Waals surface area contributed by atoms with Crippen molar-refractivity contribution >= 4 is 5.71 Å². The van der Waals surface area contributed by atoms with Gasteiger partial charge in [-0.1, -0.05) is 18.1 Å². The lowest BCUT2D eigenvalue weighted by molar-refractivity contribution is 0.0938. The molecule has 2 fully saturated rings. The molecule has 3 heteroatoms. The molecule has 0 aromatic heterocycles. The van der Waals surface area contributed by atoms with Crippen LogP contribution >= 0.6 is 0 Å². The molecular formula is C18H23NO2. The van der Waals surface area contributed by atoms with Crippen molar-refractivity contribution in [3.05, 3.63) is 29.3 Å². The van der Waals surface area contributed by atoms with E-state index in [1.54, 1.807) is 0 Å². The van der Waals surface area contributed by atoms with E-state index in [1.165, 1.54) is 30.4 Å². The lowest BCUT2D eigenvalue weighted by atomic mass is 9.55. The summed E-state index contributed by atoms with van der Waals surface area (Å²) < 4.78 is 0. The largest absolute Gasteiger partial charge is 0.508 e. The van der Waals surface area contributed by atoms with Crippen molar-refractivity contribution in [3.63, 3.8) is 0 Å². The Morgan fingerprint density at radius 1 is 1.19 bits per heavy atom. The number of hydrogen-bond acceptors (Lipinski definition) is 3. The van der Waals surface area contributed by atoms with Crippen molar-refractivity contribution in [2.24, 2.45) is 22.4 Å². The average Bonchev–Trinajstić information content (AvgIpc) is 2.83. The van der Waals surface area contributed by atoms with Gasteiger partial charge in [-0.15, -0.1) is 0 Å². The van der Waals surface area contributed by atoms with Crippen LogP contribution in [0.2, 0.25) is 0 Å². The summed E-state index contributed by atoms with van der Waals surface area (Å²) in [6.07, 6.45) is 6.71. The molecule has 4 rings (SSSR count). The molecule has 0 heterocycles. The summed E-state index contributed by atoms with van der Waals surface area (Å²) in [4.78, 5) is 0. The second-order valence-electron chi connectivity index (χ2n) is 7.34. The molecule has 3 aliphatic rings. The summed E-state index contributed by atoms with van der Waals surface area (Å²) in [6.45, 7) is 2.31. The van der Waals surface area contributed by atoms with Gasteiger partial charge >= 0.3 is 0 Å². The maximum absolute atomic E-state index is 9.70. The summed E-state index contributed by atoms with van der Waals surface area (Å²) in [6, 6.07) is 5.93. The highest BCUT2D eigenvalue weighted by Crippen LogP contribution is 2.59. The summed E-state index contributed by atoms with van der Waals surface area (Å²) >= 11 is 0. The molecule has 0 spiro atoms. The molecule has 4 atom stereocenters. The van der Waals surface area contributed by atoms with E-state index < -0.39 is 0 Å². The fourth-order valence-corrected chi connectivity index (χ4v) is 5.52. The number of phenols is 1. The molecule has 2 N–H and O–H groups in total. The molecule has 3 aliphatic carbocycles. The number of oxime groups is 1. The molecule has 2 saturated carbocycles. The Balaban J connectivity index is 1.72. The van der Waals surface area contributed by atoms with Crippen molar-refractivity contribution in [2.75, 3.05) is 0 Å². The number of rotatable bonds is 0. The first kappa shape index (κ1) is 13.2. The number of hydrogen-bond donors (Lipinski definition) is 2. The second-order valence-corrected chi connectivity index (χ2v) is 7.34. The van der Waals surface area contributed by atoms with E-state index in [0.717, 1.165) is 25.0 Å². The summed E-state index contributed by atoms with van der Waals surface area (Å²) in [7, 11) is 0. The fraction of sp³-hybridized carbons (Fsp3) is 0.611. The van der Waals surface area contributed by atoms with Gasteiger partial charge < -0.3 is 10.3 Å². The van der Waals surface area contributed by atoms with Crippen LogP contribution in [0.25, 0.3) is 0 Å². The number of benzene rings is 1. The second kappa shape index (κ2) is 4.49. The Kier molecular flexibility index (Phi) is 2.82. The Morgan fingerprint density at radius 3 is 2.86 bits per heavy atom. The monoisotopic (exact) mass is 285 g/mol. The normalized spacial score (nSPS) is 39.7. The number of aromatic hydroxyl groups is 1. The summed E-state index contributed by atoms with van der Waals surface area (Å²) in [5, 5.41) is 22.6. The quantitative estimate of drug-likeness (QED) is 0.557. The van der Waals surface area contributed by atoms with E-state index in [-0.39, 0.29) is 5.41 Å². The number of aryl methyl sites for hydroxylation is 1. The van der Waals surface area contributed by atoms with Gasteiger partial charge in [0.2, 0.25) is 0 Å². The maximum atomic E-state index is 9.70. The topological polar surface area (TPSA) is 52.8 Å². The molecule has 0 saturated heterocycles. The first-order valence-corrected chi connectivity index (χ1v) is 8.16. The molecule has 3 nitrogen and oxygen atoms in total. The van der Waals surface area contributed by atoms with E-state index in [9.17, 15) is 10.3 Å². The molecule has 112 valence electrons. The fourth-order valence-electron chi connectivity index (χ4n) is 5.52. The third-order valence-electron chi connectivity index (χ3n) is 6.57. The lowest BCUT2D eigenvalue weighted by Gasteiger charge is -2.48. The third-order valence-corrected chi connectivity index (χ3v) is 6.57. The van der Waals surface area contributed by atoms with Crippen LogP contribution in [0.4, 0.5) is 0 Å². The number of phenolic OH excluding ortho intramolecular Hbond substituents is 1. The zero-order chi connectivity index (χ0) is 14.6. The Labute approximate surface area is 125 Å². The maximum Gasteiger partial charge on any atom is 0.115 e. The van der Waals surface area contributed by atoms with E-state index in [1.807, 2.05) is 12.1 Å². The van der Waals surface area contributed by atoms with Gasteiger partial charge in [-0.2, -0.15) is 0 Å². The molecule has 1 aromatic rings. The van der Waals surface area contributed by atoms with Crippen LogP contribution in [0.1, 0.15) is 56.1 Å². The predicted octanol–water partition coefficient (Wildman–Crippen LogP) is 4.08. The molecular weight excluding hydrogens is 262 g/mol. The van der Waals surface area contributed by atoms with Gasteiger partial charge in [-0.05, 0) is 79.5 Å². The van der Waals surface area contributed by atoms with Crippen LogP contribution in [-0.2, 0) is 6.42 Å². The smallest absolute Gasteiger partial charge is 0.115 e. The molecule has 0 radical (unpaired) electrons. The molecule has 0 amide bonds. The van der Waals surface area contributed by atoms with Crippen molar-refractivity contribution in [3.8, 4) is 5.75 Å². The van der Waals surface area contributed by atoms with Gasteiger partial charge in [0.05, 0.1) is 5.71 Å². The standard InChI is InChI=1S/C18H23NO2/c1-18-9-8-14-13-5-3-12(20)10-11(13)2-4-15(14)16(18)6-7-17(18)19-21/h3,5,10,14-16,20-21H,2,4,6-9H2,1H3/t14?,15?,16?,18-/m0/s1. The van der Waals surface area contributed by atoms with E-state index in [0.29, 0.717) is 23.5 Å². The van der Waals surface area contributed by atoms with Gasteiger partial charge in [0.1, 0.15) is 5.75 Å². The van der Waals surface area contributed by atoms with Crippen molar-refractivity contribution < 1.29 is 10.3 Å². The zero-order valence-corrected chi connectivity index (χ0v) is 12.5.